The Balaban J connectivity index is 1.90. The summed E-state index contributed by atoms with van der Waals surface area (Å²) in [6.45, 7) is 2.65. The van der Waals surface area contributed by atoms with Gasteiger partial charge in [-0.3, -0.25) is 0 Å². The molecule has 76 valence electrons. The first-order valence-electron chi connectivity index (χ1n) is 5.12. The summed E-state index contributed by atoms with van der Waals surface area (Å²) in [5.41, 5.74) is 0.102. The van der Waals surface area contributed by atoms with E-state index in [2.05, 4.69) is 15.9 Å². The molecule has 2 unspecified atom stereocenters. The van der Waals surface area contributed by atoms with Gasteiger partial charge in [0.2, 0.25) is 0 Å². The van der Waals surface area contributed by atoms with Gasteiger partial charge in [0.1, 0.15) is 0 Å². The number of alkyl halides is 1. The van der Waals surface area contributed by atoms with Gasteiger partial charge in [-0.2, -0.15) is 0 Å². The van der Waals surface area contributed by atoms with Crippen LogP contribution in [0.5, 0.6) is 0 Å². The van der Waals surface area contributed by atoms with Crippen molar-refractivity contribution in [3.05, 3.63) is 0 Å². The second kappa shape index (κ2) is 4.28. The molecule has 0 aromatic heterocycles. The SMILES string of the molecule is BrCCC1CCOC2(CCOC2)C1. The molecule has 0 N–H and O–H groups in total. The lowest BCUT2D eigenvalue weighted by molar-refractivity contribution is -0.0979. The third-order valence-corrected chi connectivity index (χ3v) is 3.64. The molecule has 2 aliphatic rings. The maximum absolute atomic E-state index is 5.86. The molecule has 0 aromatic carbocycles. The normalized spacial score (nSPS) is 39.9. The van der Waals surface area contributed by atoms with Crippen molar-refractivity contribution in [2.24, 2.45) is 5.92 Å². The number of ether oxygens (including phenoxy) is 2. The van der Waals surface area contributed by atoms with Crippen LogP contribution in [0.1, 0.15) is 25.7 Å². The summed E-state index contributed by atoms with van der Waals surface area (Å²) >= 11 is 3.51. The monoisotopic (exact) mass is 248 g/mol. The van der Waals surface area contributed by atoms with Crippen LogP contribution in [0.3, 0.4) is 0 Å². The molecule has 2 nitrogen and oxygen atoms in total. The Kier molecular flexibility index (Phi) is 3.27. The summed E-state index contributed by atoms with van der Waals surface area (Å²) in [6, 6.07) is 0. The van der Waals surface area contributed by atoms with Gasteiger partial charge in [0.05, 0.1) is 12.2 Å². The zero-order valence-corrected chi connectivity index (χ0v) is 9.51. The van der Waals surface area contributed by atoms with Crippen LogP contribution in [0.15, 0.2) is 0 Å². The Bertz CT molecular complexity index is 164. The minimum atomic E-state index is 0.102. The minimum absolute atomic E-state index is 0.102. The number of rotatable bonds is 2. The lowest BCUT2D eigenvalue weighted by atomic mass is 9.84. The lowest BCUT2D eigenvalue weighted by Crippen LogP contribution is -2.40. The molecule has 0 saturated carbocycles. The summed E-state index contributed by atoms with van der Waals surface area (Å²) in [6.07, 6.45) is 4.82. The molecule has 2 rings (SSSR count). The standard InChI is InChI=1S/C10H17BrO2/c11-4-1-9-2-5-13-10(7-9)3-6-12-8-10/h9H,1-8H2. The Morgan fingerprint density at radius 1 is 1.38 bits per heavy atom. The molecule has 2 saturated heterocycles. The van der Waals surface area contributed by atoms with Crippen LogP contribution in [0.25, 0.3) is 0 Å². The van der Waals surface area contributed by atoms with Crippen LogP contribution >= 0.6 is 15.9 Å². The molecule has 13 heavy (non-hydrogen) atoms. The summed E-state index contributed by atoms with van der Waals surface area (Å²) in [5, 5.41) is 1.12. The van der Waals surface area contributed by atoms with Crippen molar-refractivity contribution in [2.45, 2.75) is 31.3 Å². The number of hydrogen-bond acceptors (Lipinski definition) is 2. The van der Waals surface area contributed by atoms with Crippen molar-refractivity contribution in [1.29, 1.82) is 0 Å². The van der Waals surface area contributed by atoms with Crippen LogP contribution in [-0.2, 0) is 9.47 Å². The van der Waals surface area contributed by atoms with Crippen LogP contribution in [0.4, 0.5) is 0 Å². The highest BCUT2D eigenvalue weighted by molar-refractivity contribution is 9.09. The van der Waals surface area contributed by atoms with Crippen LogP contribution in [0.2, 0.25) is 0 Å². The van der Waals surface area contributed by atoms with E-state index in [4.69, 9.17) is 9.47 Å². The van der Waals surface area contributed by atoms with Gasteiger partial charge in [-0.25, -0.2) is 0 Å². The third-order valence-electron chi connectivity index (χ3n) is 3.18. The van der Waals surface area contributed by atoms with Gasteiger partial charge in [0.25, 0.3) is 0 Å². The number of halogens is 1. The molecular formula is C10H17BrO2. The third kappa shape index (κ3) is 2.25. The Morgan fingerprint density at radius 3 is 3.00 bits per heavy atom. The summed E-state index contributed by atoms with van der Waals surface area (Å²) in [4.78, 5) is 0. The first-order valence-corrected chi connectivity index (χ1v) is 6.24. The molecule has 0 bridgehead atoms. The van der Waals surface area contributed by atoms with E-state index in [1.807, 2.05) is 0 Å². The van der Waals surface area contributed by atoms with Crippen molar-refractivity contribution < 1.29 is 9.47 Å². The van der Waals surface area contributed by atoms with E-state index in [-0.39, 0.29) is 5.60 Å². The fourth-order valence-electron chi connectivity index (χ4n) is 2.39. The van der Waals surface area contributed by atoms with E-state index >= 15 is 0 Å². The molecule has 2 heterocycles. The Morgan fingerprint density at radius 2 is 2.31 bits per heavy atom. The minimum Gasteiger partial charge on any atom is -0.378 e. The molecular weight excluding hydrogens is 232 g/mol. The molecule has 0 aromatic rings. The average Bonchev–Trinajstić information content (AvgIpc) is 2.54. The van der Waals surface area contributed by atoms with E-state index in [0.717, 1.165) is 37.5 Å². The van der Waals surface area contributed by atoms with Crippen LogP contribution < -0.4 is 0 Å². The van der Waals surface area contributed by atoms with Gasteiger partial charge < -0.3 is 9.47 Å². The zero-order chi connectivity index (χ0) is 9.15. The van der Waals surface area contributed by atoms with Crippen molar-refractivity contribution in [3.8, 4) is 0 Å². The second-order valence-electron chi connectivity index (χ2n) is 4.17. The highest BCUT2D eigenvalue weighted by atomic mass is 79.9. The predicted octanol–water partition coefficient (Wildman–Crippen LogP) is 2.36. The molecule has 2 fully saturated rings. The first kappa shape index (κ1) is 9.94. The van der Waals surface area contributed by atoms with E-state index < -0.39 is 0 Å². The molecule has 2 aliphatic heterocycles. The van der Waals surface area contributed by atoms with Gasteiger partial charge in [-0.15, -0.1) is 0 Å². The van der Waals surface area contributed by atoms with Gasteiger partial charge in [0.15, 0.2) is 0 Å². The highest BCUT2D eigenvalue weighted by Crippen LogP contribution is 2.37. The van der Waals surface area contributed by atoms with Crippen LogP contribution in [-0.4, -0.2) is 30.8 Å². The van der Waals surface area contributed by atoms with Gasteiger partial charge in [-0.1, -0.05) is 15.9 Å². The molecule has 0 aliphatic carbocycles. The van der Waals surface area contributed by atoms with E-state index in [0.29, 0.717) is 0 Å². The molecule has 3 heteroatoms. The summed E-state index contributed by atoms with van der Waals surface area (Å²) in [7, 11) is 0. The Labute approximate surface area is 88.1 Å². The maximum atomic E-state index is 5.86. The van der Waals surface area contributed by atoms with Crippen molar-refractivity contribution in [1.82, 2.24) is 0 Å². The number of hydrogen-bond donors (Lipinski definition) is 0. The van der Waals surface area contributed by atoms with Gasteiger partial charge in [0, 0.05) is 25.0 Å². The zero-order valence-electron chi connectivity index (χ0n) is 7.93. The molecule has 0 radical (unpaired) electrons. The smallest absolute Gasteiger partial charge is 0.0939 e. The fourth-order valence-corrected chi connectivity index (χ4v) is 3.04. The van der Waals surface area contributed by atoms with Crippen LogP contribution in [0, 0.1) is 5.92 Å². The molecule has 0 amide bonds. The first-order chi connectivity index (χ1) is 6.35. The molecule has 1 spiro atoms. The molecule has 2 atom stereocenters. The van der Waals surface area contributed by atoms with E-state index in [1.165, 1.54) is 19.3 Å². The highest BCUT2D eigenvalue weighted by Gasteiger charge is 2.40. The van der Waals surface area contributed by atoms with Crippen molar-refractivity contribution >= 4 is 15.9 Å². The fraction of sp³-hybridized carbons (Fsp3) is 1.00. The maximum Gasteiger partial charge on any atom is 0.0939 e. The van der Waals surface area contributed by atoms with E-state index in [1.54, 1.807) is 0 Å². The van der Waals surface area contributed by atoms with Crippen molar-refractivity contribution in [3.63, 3.8) is 0 Å². The summed E-state index contributed by atoms with van der Waals surface area (Å²) in [5.74, 6) is 0.842. The largest absolute Gasteiger partial charge is 0.378 e. The average molecular weight is 249 g/mol. The van der Waals surface area contributed by atoms with Gasteiger partial charge >= 0.3 is 0 Å². The van der Waals surface area contributed by atoms with E-state index in [9.17, 15) is 0 Å². The Hall–Kier alpha value is 0.400. The van der Waals surface area contributed by atoms with Crippen molar-refractivity contribution in [2.75, 3.05) is 25.2 Å². The second-order valence-corrected chi connectivity index (χ2v) is 4.96. The topological polar surface area (TPSA) is 18.5 Å². The quantitative estimate of drug-likeness (QED) is 0.699. The predicted molar refractivity (Wildman–Crippen MR) is 55.3 cm³/mol. The lowest BCUT2D eigenvalue weighted by Gasteiger charge is -2.36. The van der Waals surface area contributed by atoms with Gasteiger partial charge in [-0.05, 0) is 25.2 Å². The summed E-state index contributed by atoms with van der Waals surface area (Å²) < 4.78 is 11.3.